The summed E-state index contributed by atoms with van der Waals surface area (Å²) in [6.07, 6.45) is 2.52. The molecule has 0 N–H and O–H groups in total. The first-order chi connectivity index (χ1) is 8.24. The van der Waals surface area contributed by atoms with Gasteiger partial charge in [0.1, 0.15) is 5.75 Å². The molecule has 0 bridgehead atoms. The van der Waals surface area contributed by atoms with Crippen molar-refractivity contribution in [2.24, 2.45) is 5.92 Å². The SMILES string of the molecule is O=c1ccc2ccc(OCC3CC3)cc2n1Cl. The van der Waals surface area contributed by atoms with Gasteiger partial charge in [-0.2, -0.15) is 0 Å². The normalized spacial score (nSPS) is 15.1. The van der Waals surface area contributed by atoms with Crippen LogP contribution in [0.2, 0.25) is 0 Å². The van der Waals surface area contributed by atoms with Gasteiger partial charge in [0.2, 0.25) is 0 Å². The van der Waals surface area contributed by atoms with Crippen molar-refractivity contribution in [2.75, 3.05) is 6.61 Å². The Morgan fingerprint density at radius 3 is 2.82 bits per heavy atom. The molecule has 3 nitrogen and oxygen atoms in total. The minimum Gasteiger partial charge on any atom is -0.493 e. The fraction of sp³-hybridized carbons (Fsp3) is 0.308. The molecule has 0 amide bonds. The van der Waals surface area contributed by atoms with E-state index in [0.29, 0.717) is 11.4 Å². The van der Waals surface area contributed by atoms with Crippen LogP contribution in [-0.4, -0.2) is 10.7 Å². The van der Waals surface area contributed by atoms with Crippen LogP contribution in [0, 0.1) is 5.92 Å². The number of halogens is 1. The van der Waals surface area contributed by atoms with Gasteiger partial charge in [0, 0.05) is 29.3 Å². The lowest BCUT2D eigenvalue weighted by molar-refractivity contribution is 0.300. The van der Waals surface area contributed by atoms with Gasteiger partial charge in [0.15, 0.2) is 0 Å². The van der Waals surface area contributed by atoms with Crippen LogP contribution in [0.25, 0.3) is 10.9 Å². The molecular weight excluding hydrogens is 238 g/mol. The summed E-state index contributed by atoms with van der Waals surface area (Å²) in [5.74, 6) is 1.48. The molecule has 1 saturated carbocycles. The van der Waals surface area contributed by atoms with E-state index >= 15 is 0 Å². The number of fused-ring (bicyclic) bond motifs is 1. The van der Waals surface area contributed by atoms with E-state index < -0.39 is 0 Å². The minimum atomic E-state index is -0.224. The molecule has 3 rings (SSSR count). The van der Waals surface area contributed by atoms with Crippen molar-refractivity contribution >= 4 is 22.7 Å². The van der Waals surface area contributed by atoms with E-state index in [0.717, 1.165) is 21.8 Å². The Kier molecular flexibility index (Phi) is 2.56. The summed E-state index contributed by atoms with van der Waals surface area (Å²) in [5.41, 5.74) is 0.464. The second-order valence-electron chi connectivity index (χ2n) is 4.43. The Hall–Kier alpha value is -1.48. The molecule has 1 aliphatic carbocycles. The zero-order valence-electron chi connectivity index (χ0n) is 9.23. The Bertz CT molecular complexity index is 616. The summed E-state index contributed by atoms with van der Waals surface area (Å²) in [7, 11) is 0. The van der Waals surface area contributed by atoms with E-state index in [1.165, 1.54) is 18.9 Å². The summed E-state index contributed by atoms with van der Waals surface area (Å²) < 4.78 is 6.78. The molecule has 0 radical (unpaired) electrons. The maximum atomic E-state index is 11.4. The number of rotatable bonds is 3. The molecule has 0 saturated heterocycles. The van der Waals surface area contributed by atoms with Crippen LogP contribution < -0.4 is 10.3 Å². The van der Waals surface area contributed by atoms with Crippen LogP contribution in [0.4, 0.5) is 0 Å². The van der Waals surface area contributed by atoms with Crippen LogP contribution >= 0.6 is 11.8 Å². The van der Waals surface area contributed by atoms with Crippen LogP contribution in [-0.2, 0) is 0 Å². The van der Waals surface area contributed by atoms with Crippen LogP contribution in [0.15, 0.2) is 35.1 Å². The third-order valence-electron chi connectivity index (χ3n) is 2.99. The largest absolute Gasteiger partial charge is 0.493 e. The zero-order valence-corrected chi connectivity index (χ0v) is 9.98. The highest BCUT2D eigenvalue weighted by Crippen LogP contribution is 2.30. The maximum absolute atomic E-state index is 11.4. The van der Waals surface area contributed by atoms with Gasteiger partial charge in [-0.1, -0.05) is 0 Å². The molecule has 2 aromatic rings. The van der Waals surface area contributed by atoms with Gasteiger partial charge in [-0.3, -0.25) is 4.79 Å². The predicted molar refractivity (Wildman–Crippen MR) is 67.7 cm³/mol. The van der Waals surface area contributed by atoms with Crippen molar-refractivity contribution in [3.05, 3.63) is 40.7 Å². The molecular formula is C13H12ClNO2. The van der Waals surface area contributed by atoms with E-state index in [1.807, 2.05) is 18.2 Å². The summed E-state index contributed by atoms with van der Waals surface area (Å²) >= 11 is 5.92. The van der Waals surface area contributed by atoms with E-state index in [4.69, 9.17) is 16.5 Å². The smallest absolute Gasteiger partial charge is 0.265 e. The third kappa shape index (κ3) is 2.15. The van der Waals surface area contributed by atoms with Crippen LogP contribution in [0.1, 0.15) is 12.8 Å². The maximum Gasteiger partial charge on any atom is 0.265 e. The Balaban J connectivity index is 1.98. The van der Waals surface area contributed by atoms with Crippen molar-refractivity contribution in [3.8, 4) is 5.75 Å². The number of aromatic nitrogens is 1. The Morgan fingerprint density at radius 2 is 2.06 bits per heavy atom. The van der Waals surface area contributed by atoms with Crippen molar-refractivity contribution < 1.29 is 4.74 Å². The Labute approximate surface area is 104 Å². The molecule has 0 unspecified atom stereocenters. The average Bonchev–Trinajstić information content (AvgIpc) is 3.16. The zero-order chi connectivity index (χ0) is 11.8. The van der Waals surface area contributed by atoms with Crippen LogP contribution in [0.5, 0.6) is 5.75 Å². The molecule has 1 aliphatic rings. The number of nitrogens with zero attached hydrogens (tertiary/aromatic N) is 1. The van der Waals surface area contributed by atoms with Crippen molar-refractivity contribution in [3.63, 3.8) is 0 Å². The number of hydrogen-bond donors (Lipinski definition) is 0. The Morgan fingerprint density at radius 1 is 1.29 bits per heavy atom. The molecule has 88 valence electrons. The predicted octanol–water partition coefficient (Wildman–Crippen LogP) is 2.79. The molecule has 0 aliphatic heterocycles. The lowest BCUT2D eigenvalue weighted by Crippen LogP contribution is -2.10. The average molecular weight is 250 g/mol. The topological polar surface area (TPSA) is 31.2 Å². The molecule has 0 atom stereocenters. The van der Waals surface area contributed by atoms with E-state index in [9.17, 15) is 4.79 Å². The van der Waals surface area contributed by atoms with Gasteiger partial charge in [0.05, 0.1) is 12.1 Å². The van der Waals surface area contributed by atoms with Gasteiger partial charge < -0.3 is 4.74 Å². The standard InChI is InChI=1S/C13H12ClNO2/c14-15-12-7-11(17-8-9-1-2-9)5-3-10(12)4-6-13(15)16/h3-7,9H,1-2,8H2. The molecule has 0 spiro atoms. The van der Waals surface area contributed by atoms with Crippen molar-refractivity contribution in [2.45, 2.75) is 12.8 Å². The fourth-order valence-corrected chi connectivity index (χ4v) is 1.97. The highest BCUT2D eigenvalue weighted by molar-refractivity contribution is 6.18. The van der Waals surface area contributed by atoms with E-state index in [1.54, 1.807) is 6.07 Å². The molecule has 1 aromatic carbocycles. The van der Waals surface area contributed by atoms with Gasteiger partial charge in [-0.15, -0.1) is 0 Å². The first kappa shape index (κ1) is 10.7. The highest BCUT2D eigenvalue weighted by atomic mass is 35.5. The number of benzene rings is 1. The van der Waals surface area contributed by atoms with Crippen molar-refractivity contribution in [1.29, 1.82) is 0 Å². The monoisotopic (exact) mass is 249 g/mol. The quantitative estimate of drug-likeness (QED) is 0.838. The second-order valence-corrected chi connectivity index (χ2v) is 4.77. The van der Waals surface area contributed by atoms with Gasteiger partial charge in [-0.05, 0) is 37.0 Å². The van der Waals surface area contributed by atoms with Gasteiger partial charge in [-0.25, -0.2) is 4.09 Å². The van der Waals surface area contributed by atoms with E-state index in [2.05, 4.69) is 0 Å². The summed E-state index contributed by atoms with van der Waals surface area (Å²) in [4.78, 5) is 11.4. The molecule has 1 aromatic heterocycles. The lowest BCUT2D eigenvalue weighted by atomic mass is 10.2. The number of ether oxygens (including phenoxy) is 1. The summed E-state index contributed by atoms with van der Waals surface area (Å²) in [5, 5.41) is 0.929. The van der Waals surface area contributed by atoms with Crippen LogP contribution in [0.3, 0.4) is 0 Å². The number of pyridine rings is 1. The second kappa shape index (κ2) is 4.08. The summed E-state index contributed by atoms with van der Waals surface area (Å²) in [6.45, 7) is 0.755. The molecule has 17 heavy (non-hydrogen) atoms. The fourth-order valence-electron chi connectivity index (χ4n) is 1.77. The van der Waals surface area contributed by atoms with E-state index in [-0.39, 0.29) is 5.56 Å². The molecule has 1 fully saturated rings. The number of hydrogen-bond acceptors (Lipinski definition) is 2. The van der Waals surface area contributed by atoms with Crippen molar-refractivity contribution in [1.82, 2.24) is 4.09 Å². The van der Waals surface area contributed by atoms with Gasteiger partial charge >= 0.3 is 0 Å². The highest BCUT2D eigenvalue weighted by Gasteiger charge is 2.21. The van der Waals surface area contributed by atoms with Gasteiger partial charge in [0.25, 0.3) is 5.56 Å². The molecule has 1 heterocycles. The summed E-state index contributed by atoms with van der Waals surface area (Å²) in [6, 6.07) is 8.86. The molecule has 4 heteroatoms. The first-order valence-electron chi connectivity index (χ1n) is 5.69. The first-order valence-corrected chi connectivity index (χ1v) is 6.02. The third-order valence-corrected chi connectivity index (χ3v) is 3.34. The lowest BCUT2D eigenvalue weighted by Gasteiger charge is -2.07. The minimum absolute atomic E-state index is 0.224.